The van der Waals surface area contributed by atoms with Crippen LogP contribution in [0.4, 0.5) is 0 Å². The van der Waals surface area contributed by atoms with Crippen LogP contribution >= 0.6 is 0 Å². The molecule has 0 rings (SSSR count). The average Bonchev–Trinajstić information content (AvgIpc) is 2.72. The first kappa shape index (κ1) is 31.8. The van der Waals surface area contributed by atoms with Gasteiger partial charge in [0.25, 0.3) is 0 Å². The predicted octanol–water partition coefficient (Wildman–Crippen LogP) is 4.76. The van der Waals surface area contributed by atoms with Gasteiger partial charge in [0, 0.05) is 0 Å². The van der Waals surface area contributed by atoms with Crippen molar-refractivity contribution in [2.75, 3.05) is 52.9 Å². The van der Waals surface area contributed by atoms with Crippen LogP contribution in [0, 0.1) is 35.5 Å². The third-order valence-electron chi connectivity index (χ3n) is 5.35. The molecule has 0 bridgehead atoms. The van der Waals surface area contributed by atoms with Crippen molar-refractivity contribution in [3.63, 3.8) is 0 Å². The molecule has 0 spiro atoms. The summed E-state index contributed by atoms with van der Waals surface area (Å²) >= 11 is 0. The molecule has 7 nitrogen and oxygen atoms in total. The molecule has 0 aliphatic carbocycles. The van der Waals surface area contributed by atoms with Gasteiger partial charge in [-0.25, -0.2) is 0 Å². The summed E-state index contributed by atoms with van der Waals surface area (Å²) in [4.78, 5) is 24.4. The molecule has 7 heteroatoms. The third kappa shape index (κ3) is 17.0. The van der Waals surface area contributed by atoms with E-state index >= 15 is 0 Å². The zero-order valence-electron chi connectivity index (χ0n) is 22.4. The van der Waals surface area contributed by atoms with Crippen molar-refractivity contribution >= 4 is 11.9 Å². The van der Waals surface area contributed by atoms with E-state index in [4.69, 9.17) is 23.7 Å². The van der Waals surface area contributed by atoms with Gasteiger partial charge in [-0.15, -0.1) is 0 Å². The molecule has 0 fully saturated rings. The largest absolute Gasteiger partial charge is 0.463 e. The number of rotatable bonds is 20. The Kier molecular flexibility index (Phi) is 18.5. The maximum Gasteiger partial charge on any atom is 0.309 e. The summed E-state index contributed by atoms with van der Waals surface area (Å²) in [5, 5.41) is 0. The molecule has 0 saturated carbocycles. The van der Waals surface area contributed by atoms with Gasteiger partial charge in [0.1, 0.15) is 13.2 Å². The fourth-order valence-corrected chi connectivity index (χ4v) is 3.46. The van der Waals surface area contributed by atoms with Crippen LogP contribution in [0.5, 0.6) is 0 Å². The van der Waals surface area contributed by atoms with Gasteiger partial charge in [0.15, 0.2) is 0 Å². The molecule has 196 valence electrons. The summed E-state index contributed by atoms with van der Waals surface area (Å²) in [5.74, 6) is 1.06. The topological polar surface area (TPSA) is 80.3 Å². The normalized spacial score (nSPS) is 13.7. The van der Waals surface area contributed by atoms with Gasteiger partial charge in [-0.3, -0.25) is 9.59 Å². The summed E-state index contributed by atoms with van der Waals surface area (Å²) in [6.07, 6.45) is 1.68. The highest BCUT2D eigenvalue weighted by Gasteiger charge is 2.25. The Labute approximate surface area is 202 Å². The number of esters is 2. The molecule has 33 heavy (non-hydrogen) atoms. The van der Waals surface area contributed by atoms with Gasteiger partial charge in [0.2, 0.25) is 0 Å². The Hall–Kier alpha value is -1.18. The minimum Gasteiger partial charge on any atom is -0.463 e. The third-order valence-corrected chi connectivity index (χ3v) is 5.35. The van der Waals surface area contributed by atoms with E-state index in [1.165, 1.54) is 0 Å². The van der Waals surface area contributed by atoms with Crippen LogP contribution in [0.25, 0.3) is 0 Å². The Balaban J connectivity index is 3.65. The summed E-state index contributed by atoms with van der Waals surface area (Å²) in [6.45, 7) is 19.6. The van der Waals surface area contributed by atoms with E-state index in [0.717, 1.165) is 12.8 Å². The van der Waals surface area contributed by atoms with Crippen molar-refractivity contribution in [2.45, 2.75) is 68.2 Å². The molecule has 0 heterocycles. The quantitative estimate of drug-likeness (QED) is 0.186. The first-order valence-corrected chi connectivity index (χ1v) is 12.6. The van der Waals surface area contributed by atoms with Crippen molar-refractivity contribution in [2.24, 2.45) is 35.5 Å². The molecular weight excluding hydrogens is 424 g/mol. The molecule has 0 amide bonds. The molecule has 0 saturated heterocycles. The second-order valence-electron chi connectivity index (χ2n) is 10.1. The molecule has 0 aromatic heterocycles. The maximum absolute atomic E-state index is 12.2. The molecule has 2 atom stereocenters. The first-order valence-electron chi connectivity index (χ1n) is 12.6. The molecule has 0 aliphatic heterocycles. The van der Waals surface area contributed by atoms with Gasteiger partial charge >= 0.3 is 11.9 Å². The first-order chi connectivity index (χ1) is 15.6. The van der Waals surface area contributed by atoms with E-state index in [2.05, 4.69) is 55.4 Å². The second-order valence-corrected chi connectivity index (χ2v) is 10.1. The van der Waals surface area contributed by atoms with Gasteiger partial charge in [-0.05, 0) is 36.5 Å². The molecule has 0 aromatic carbocycles. The summed E-state index contributed by atoms with van der Waals surface area (Å²) < 4.78 is 27.0. The van der Waals surface area contributed by atoms with Crippen LogP contribution < -0.4 is 0 Å². The monoisotopic (exact) mass is 474 g/mol. The lowest BCUT2D eigenvalue weighted by molar-refractivity contribution is -0.153. The van der Waals surface area contributed by atoms with Gasteiger partial charge in [0.05, 0.1) is 51.5 Å². The zero-order chi connectivity index (χ0) is 25.2. The number of carbonyl (C=O) groups is 2. The zero-order valence-corrected chi connectivity index (χ0v) is 22.4. The van der Waals surface area contributed by atoms with Crippen LogP contribution in [0.15, 0.2) is 0 Å². The Bertz CT molecular complexity index is 459. The Morgan fingerprint density at radius 2 is 0.758 bits per heavy atom. The van der Waals surface area contributed by atoms with Gasteiger partial charge < -0.3 is 23.7 Å². The van der Waals surface area contributed by atoms with Crippen LogP contribution in [0.2, 0.25) is 0 Å². The highest BCUT2D eigenvalue weighted by atomic mass is 16.6. The van der Waals surface area contributed by atoms with Crippen molar-refractivity contribution < 1.29 is 33.3 Å². The molecule has 0 radical (unpaired) electrons. The molecule has 0 N–H and O–H groups in total. The average molecular weight is 475 g/mol. The lowest BCUT2D eigenvalue weighted by Crippen LogP contribution is -2.26. The highest BCUT2D eigenvalue weighted by molar-refractivity contribution is 5.73. The second kappa shape index (κ2) is 19.2. The van der Waals surface area contributed by atoms with Crippen LogP contribution in [-0.4, -0.2) is 64.8 Å². The number of carbonyl (C=O) groups excluding carboxylic acids is 2. The summed E-state index contributed by atoms with van der Waals surface area (Å²) in [5.41, 5.74) is 0. The van der Waals surface area contributed by atoms with Crippen molar-refractivity contribution in [1.82, 2.24) is 0 Å². The van der Waals surface area contributed by atoms with Gasteiger partial charge in [-0.2, -0.15) is 0 Å². The van der Waals surface area contributed by atoms with E-state index < -0.39 is 0 Å². The van der Waals surface area contributed by atoms with E-state index in [0.29, 0.717) is 51.5 Å². The number of hydrogen-bond donors (Lipinski definition) is 0. The summed E-state index contributed by atoms with van der Waals surface area (Å²) in [7, 11) is 0. The minimum absolute atomic E-state index is 0.0615. The lowest BCUT2D eigenvalue weighted by atomic mass is 9.88. The standard InChI is InChI=1S/C26H50O7/c1-19(2)17-23(21(5)6)25(27)32-15-13-30-11-9-29-10-12-31-14-16-33-26(28)24(22(7)8)18-20(3)4/h19-24H,9-18H2,1-8H3. The lowest BCUT2D eigenvalue weighted by Gasteiger charge is -2.21. The van der Waals surface area contributed by atoms with E-state index in [1.807, 2.05) is 0 Å². The highest BCUT2D eigenvalue weighted by Crippen LogP contribution is 2.22. The van der Waals surface area contributed by atoms with Crippen molar-refractivity contribution in [3.8, 4) is 0 Å². The summed E-state index contributed by atoms with van der Waals surface area (Å²) in [6, 6.07) is 0. The molecule has 0 aliphatic rings. The SMILES string of the molecule is CC(C)CC(C(=O)OCCOCCOCCOCCOC(=O)C(CC(C)C)C(C)C)C(C)C. The van der Waals surface area contributed by atoms with Crippen LogP contribution in [0.3, 0.4) is 0 Å². The van der Waals surface area contributed by atoms with E-state index in [1.54, 1.807) is 0 Å². The van der Waals surface area contributed by atoms with Gasteiger partial charge in [-0.1, -0.05) is 55.4 Å². The Morgan fingerprint density at radius 3 is 1.00 bits per heavy atom. The van der Waals surface area contributed by atoms with E-state index in [9.17, 15) is 9.59 Å². The van der Waals surface area contributed by atoms with Crippen molar-refractivity contribution in [1.29, 1.82) is 0 Å². The maximum atomic E-state index is 12.2. The van der Waals surface area contributed by atoms with Crippen LogP contribution in [-0.2, 0) is 33.3 Å². The fraction of sp³-hybridized carbons (Fsp3) is 0.923. The molecule has 0 aromatic rings. The molecular formula is C26H50O7. The number of ether oxygens (including phenoxy) is 5. The predicted molar refractivity (Wildman–Crippen MR) is 130 cm³/mol. The Morgan fingerprint density at radius 1 is 0.485 bits per heavy atom. The number of hydrogen-bond acceptors (Lipinski definition) is 7. The van der Waals surface area contributed by atoms with Crippen molar-refractivity contribution in [3.05, 3.63) is 0 Å². The minimum atomic E-state index is -0.138. The molecule has 2 unspecified atom stereocenters. The fourth-order valence-electron chi connectivity index (χ4n) is 3.46. The smallest absolute Gasteiger partial charge is 0.309 e. The van der Waals surface area contributed by atoms with E-state index in [-0.39, 0.29) is 48.8 Å². The van der Waals surface area contributed by atoms with Crippen LogP contribution in [0.1, 0.15) is 68.2 Å².